The van der Waals surface area contributed by atoms with E-state index in [0.717, 1.165) is 42.4 Å². The van der Waals surface area contributed by atoms with Crippen LogP contribution in [0.2, 0.25) is 0 Å². The Morgan fingerprint density at radius 2 is 1.87 bits per heavy atom. The molecule has 1 heterocycles. The lowest BCUT2D eigenvalue weighted by Crippen LogP contribution is -2.50. The highest BCUT2D eigenvalue weighted by Crippen LogP contribution is 2.67. The van der Waals surface area contributed by atoms with Gasteiger partial charge in [-0.25, -0.2) is 0 Å². The lowest BCUT2D eigenvalue weighted by molar-refractivity contribution is -0.0571. The predicted octanol–water partition coefficient (Wildman–Crippen LogP) is 6.59. The Labute approximate surface area is 183 Å². The average molecular weight is 408 g/mol. The lowest BCUT2D eigenvalue weighted by atomic mass is 9.47. The summed E-state index contributed by atoms with van der Waals surface area (Å²) in [6, 6.07) is 4.37. The van der Waals surface area contributed by atoms with Gasteiger partial charge < -0.3 is 5.11 Å². The number of allylic oxidation sites excluding steroid dienone is 1. The maximum atomic E-state index is 10.2. The first kappa shape index (κ1) is 20.7. The van der Waals surface area contributed by atoms with Crippen LogP contribution in [0.4, 0.5) is 0 Å². The number of pyridine rings is 1. The summed E-state index contributed by atoms with van der Waals surface area (Å²) < 4.78 is 0. The van der Waals surface area contributed by atoms with E-state index in [1.807, 2.05) is 12.4 Å². The fraction of sp³-hybridized carbons (Fsp3) is 0.750. The minimum absolute atomic E-state index is 0.0909. The molecule has 4 aliphatic rings. The maximum Gasteiger partial charge on any atom is 0.0577 e. The molecule has 3 fully saturated rings. The van der Waals surface area contributed by atoms with E-state index < -0.39 is 0 Å². The molecule has 1 N–H and O–H groups in total. The number of nitrogens with zero attached hydrogens (tertiary/aromatic N) is 1. The van der Waals surface area contributed by atoms with Crippen molar-refractivity contribution in [3.63, 3.8) is 0 Å². The second kappa shape index (κ2) is 7.76. The second-order valence-corrected chi connectivity index (χ2v) is 11.8. The number of aliphatic hydroxyl groups is 1. The maximum absolute atomic E-state index is 10.2. The topological polar surface area (TPSA) is 33.1 Å². The van der Waals surface area contributed by atoms with Gasteiger partial charge >= 0.3 is 0 Å². The van der Waals surface area contributed by atoms with Gasteiger partial charge in [0.05, 0.1) is 6.10 Å². The lowest BCUT2D eigenvalue weighted by Gasteiger charge is -2.58. The van der Waals surface area contributed by atoms with Crippen molar-refractivity contribution in [3.8, 4) is 0 Å². The fourth-order valence-electron chi connectivity index (χ4n) is 8.76. The van der Waals surface area contributed by atoms with E-state index in [0.29, 0.717) is 10.8 Å². The third kappa shape index (κ3) is 3.29. The van der Waals surface area contributed by atoms with Crippen LogP contribution in [0.25, 0.3) is 0 Å². The first-order valence-corrected chi connectivity index (χ1v) is 12.7. The van der Waals surface area contributed by atoms with Crippen LogP contribution in [0.15, 0.2) is 36.2 Å². The molecule has 0 spiro atoms. The molecule has 0 aliphatic heterocycles. The van der Waals surface area contributed by atoms with Crippen molar-refractivity contribution in [2.75, 3.05) is 0 Å². The average Bonchev–Trinajstić information content (AvgIpc) is 3.10. The minimum Gasteiger partial charge on any atom is -0.393 e. The van der Waals surface area contributed by atoms with E-state index in [1.165, 1.54) is 56.9 Å². The van der Waals surface area contributed by atoms with Crippen LogP contribution in [-0.4, -0.2) is 16.2 Å². The Balaban J connectivity index is 1.31. The number of aromatic nitrogens is 1. The summed E-state index contributed by atoms with van der Waals surface area (Å²) in [5, 5.41) is 10.2. The molecule has 8 atom stereocenters. The van der Waals surface area contributed by atoms with Crippen LogP contribution in [0.3, 0.4) is 0 Å². The van der Waals surface area contributed by atoms with Crippen molar-refractivity contribution < 1.29 is 5.11 Å². The Hall–Kier alpha value is -1.15. The Morgan fingerprint density at radius 3 is 2.67 bits per heavy atom. The SMILES string of the molecule is CC(CCc1ccncc1)C1CCC2C3CC=C4CC(O)CCC4(C)C3CCC12C. The molecule has 5 rings (SSSR count). The van der Waals surface area contributed by atoms with Gasteiger partial charge in [0, 0.05) is 12.4 Å². The number of hydrogen-bond donors (Lipinski definition) is 1. The molecular weight excluding hydrogens is 366 g/mol. The summed E-state index contributed by atoms with van der Waals surface area (Å²) in [5.41, 5.74) is 3.95. The van der Waals surface area contributed by atoms with Gasteiger partial charge in [-0.15, -0.1) is 0 Å². The molecule has 1 aromatic heterocycles. The van der Waals surface area contributed by atoms with E-state index in [-0.39, 0.29) is 6.10 Å². The molecular formula is C28H41NO. The standard InChI is InChI=1S/C28H41NO/c1-19(4-5-20-12-16-29-17-13-20)24-8-9-25-23-7-6-21-18-22(30)10-14-27(21,2)26(23)11-15-28(24,25)3/h6,12-13,16-17,19,22-26,30H,4-5,7-11,14-15,18H2,1-3H3. The Bertz CT molecular complexity index is 787. The normalized spacial score (nSPS) is 43.9. The highest BCUT2D eigenvalue weighted by molar-refractivity contribution is 5.25. The van der Waals surface area contributed by atoms with E-state index in [1.54, 1.807) is 5.57 Å². The summed E-state index contributed by atoms with van der Waals surface area (Å²) in [7, 11) is 0. The second-order valence-electron chi connectivity index (χ2n) is 11.8. The molecule has 2 nitrogen and oxygen atoms in total. The van der Waals surface area contributed by atoms with Crippen molar-refractivity contribution in [2.45, 2.75) is 91.1 Å². The third-order valence-corrected chi connectivity index (χ3v) is 10.5. The first-order chi connectivity index (χ1) is 14.4. The van der Waals surface area contributed by atoms with Gasteiger partial charge in [0.1, 0.15) is 0 Å². The zero-order chi connectivity index (χ0) is 20.9. The van der Waals surface area contributed by atoms with Gasteiger partial charge in [-0.05, 0) is 122 Å². The number of aliphatic hydroxyl groups excluding tert-OH is 1. The van der Waals surface area contributed by atoms with Gasteiger partial charge in [0.25, 0.3) is 0 Å². The van der Waals surface area contributed by atoms with Crippen molar-refractivity contribution >= 4 is 0 Å². The van der Waals surface area contributed by atoms with Gasteiger partial charge in [0.15, 0.2) is 0 Å². The van der Waals surface area contributed by atoms with E-state index in [2.05, 4.69) is 44.0 Å². The van der Waals surface area contributed by atoms with Crippen LogP contribution < -0.4 is 0 Å². The number of hydrogen-bond acceptors (Lipinski definition) is 2. The van der Waals surface area contributed by atoms with Gasteiger partial charge in [0.2, 0.25) is 0 Å². The molecule has 4 aliphatic carbocycles. The molecule has 0 saturated heterocycles. The highest BCUT2D eigenvalue weighted by atomic mass is 16.3. The van der Waals surface area contributed by atoms with E-state index >= 15 is 0 Å². The van der Waals surface area contributed by atoms with Gasteiger partial charge in [-0.3, -0.25) is 4.98 Å². The smallest absolute Gasteiger partial charge is 0.0577 e. The molecule has 30 heavy (non-hydrogen) atoms. The molecule has 8 unspecified atom stereocenters. The highest BCUT2D eigenvalue weighted by Gasteiger charge is 2.59. The van der Waals surface area contributed by atoms with Crippen LogP contribution in [0.5, 0.6) is 0 Å². The Kier molecular flexibility index (Phi) is 5.37. The summed E-state index contributed by atoms with van der Waals surface area (Å²) in [6.07, 6.45) is 19.0. The largest absolute Gasteiger partial charge is 0.393 e. The van der Waals surface area contributed by atoms with Crippen molar-refractivity contribution in [3.05, 3.63) is 41.7 Å². The van der Waals surface area contributed by atoms with E-state index in [4.69, 9.17) is 0 Å². The molecule has 1 aromatic rings. The molecule has 0 aromatic carbocycles. The number of aryl methyl sites for hydroxylation is 1. The Morgan fingerprint density at radius 1 is 1.07 bits per heavy atom. The summed E-state index contributed by atoms with van der Waals surface area (Å²) in [5.74, 6) is 4.33. The van der Waals surface area contributed by atoms with Crippen LogP contribution >= 0.6 is 0 Å². The minimum atomic E-state index is -0.0909. The molecule has 0 radical (unpaired) electrons. The number of fused-ring (bicyclic) bond motifs is 5. The zero-order valence-corrected chi connectivity index (χ0v) is 19.3. The summed E-state index contributed by atoms with van der Waals surface area (Å²) >= 11 is 0. The first-order valence-electron chi connectivity index (χ1n) is 12.7. The van der Waals surface area contributed by atoms with Crippen LogP contribution in [-0.2, 0) is 6.42 Å². The molecule has 164 valence electrons. The van der Waals surface area contributed by atoms with Crippen molar-refractivity contribution in [1.29, 1.82) is 0 Å². The summed E-state index contributed by atoms with van der Waals surface area (Å²) in [4.78, 5) is 4.17. The van der Waals surface area contributed by atoms with Crippen molar-refractivity contribution in [2.24, 2.45) is 40.4 Å². The van der Waals surface area contributed by atoms with Gasteiger partial charge in [-0.1, -0.05) is 32.4 Å². The van der Waals surface area contributed by atoms with Crippen molar-refractivity contribution in [1.82, 2.24) is 4.98 Å². The molecule has 0 amide bonds. The monoisotopic (exact) mass is 407 g/mol. The molecule has 3 saturated carbocycles. The quantitative estimate of drug-likeness (QED) is 0.571. The zero-order valence-electron chi connectivity index (χ0n) is 19.3. The van der Waals surface area contributed by atoms with Crippen LogP contribution in [0, 0.1) is 40.4 Å². The predicted molar refractivity (Wildman–Crippen MR) is 123 cm³/mol. The van der Waals surface area contributed by atoms with Crippen LogP contribution in [0.1, 0.15) is 84.1 Å². The number of rotatable bonds is 4. The summed E-state index contributed by atoms with van der Waals surface area (Å²) in [6.45, 7) is 7.75. The fourth-order valence-corrected chi connectivity index (χ4v) is 8.76. The van der Waals surface area contributed by atoms with Gasteiger partial charge in [-0.2, -0.15) is 0 Å². The molecule has 2 heteroatoms. The molecule has 0 bridgehead atoms. The van der Waals surface area contributed by atoms with E-state index in [9.17, 15) is 5.11 Å². The third-order valence-electron chi connectivity index (χ3n) is 10.5.